The first-order valence-electron chi connectivity index (χ1n) is 5.76. The van der Waals surface area contributed by atoms with Gasteiger partial charge in [-0.25, -0.2) is 0 Å². The summed E-state index contributed by atoms with van der Waals surface area (Å²) in [5, 5.41) is 9.07. The Hall–Kier alpha value is -1.22. The Morgan fingerprint density at radius 2 is 2.06 bits per heavy atom. The van der Waals surface area contributed by atoms with Crippen molar-refractivity contribution in [3.63, 3.8) is 0 Å². The topological polar surface area (TPSA) is 49.5 Å². The lowest BCUT2D eigenvalue weighted by atomic mass is 10.1. The largest absolute Gasteiger partial charge is 0.399 e. The molecule has 1 aromatic rings. The van der Waals surface area contributed by atoms with Crippen LogP contribution in [0.2, 0.25) is 0 Å². The first-order chi connectivity index (χ1) is 7.54. The molecule has 0 heterocycles. The number of hydrogen-bond donors (Lipinski definition) is 2. The number of aryl methyl sites for hydroxylation is 1. The molecule has 3 nitrogen and oxygen atoms in total. The van der Waals surface area contributed by atoms with E-state index in [2.05, 4.69) is 24.8 Å². The van der Waals surface area contributed by atoms with E-state index in [-0.39, 0.29) is 6.61 Å². The van der Waals surface area contributed by atoms with E-state index in [1.54, 1.807) is 0 Å². The van der Waals surface area contributed by atoms with E-state index in [4.69, 9.17) is 10.8 Å². The molecule has 0 saturated carbocycles. The molecule has 0 amide bonds. The molecule has 0 radical (unpaired) electrons. The molecule has 1 rings (SSSR count). The number of benzene rings is 1. The fourth-order valence-corrected chi connectivity index (χ4v) is 1.74. The van der Waals surface area contributed by atoms with Gasteiger partial charge in [-0.2, -0.15) is 0 Å². The number of rotatable bonds is 5. The van der Waals surface area contributed by atoms with E-state index in [0.29, 0.717) is 12.5 Å². The molecule has 3 N–H and O–H groups in total. The van der Waals surface area contributed by atoms with E-state index >= 15 is 0 Å². The SMILES string of the molecule is Cc1cc(N(CCO)CC(C)C)ccc1N. The summed E-state index contributed by atoms with van der Waals surface area (Å²) in [4.78, 5) is 2.19. The standard InChI is InChI=1S/C13H22N2O/c1-10(2)9-15(6-7-16)12-4-5-13(14)11(3)8-12/h4-5,8,10,16H,6-7,9,14H2,1-3H3. The maximum Gasteiger partial charge on any atom is 0.0606 e. The van der Waals surface area contributed by atoms with Crippen molar-refractivity contribution in [2.75, 3.05) is 30.3 Å². The van der Waals surface area contributed by atoms with Crippen LogP contribution < -0.4 is 10.6 Å². The van der Waals surface area contributed by atoms with Gasteiger partial charge in [-0.1, -0.05) is 13.8 Å². The molecular formula is C13H22N2O. The number of nitrogens with two attached hydrogens (primary N) is 1. The van der Waals surface area contributed by atoms with Crippen molar-refractivity contribution >= 4 is 11.4 Å². The Bertz CT molecular complexity index is 337. The number of nitrogen functional groups attached to an aromatic ring is 1. The summed E-state index contributed by atoms with van der Waals surface area (Å²) in [5.74, 6) is 0.574. The third-order valence-electron chi connectivity index (χ3n) is 2.57. The van der Waals surface area contributed by atoms with Crippen molar-refractivity contribution in [1.29, 1.82) is 0 Å². The molecule has 1 aromatic carbocycles. The van der Waals surface area contributed by atoms with Crippen LogP contribution in [0.4, 0.5) is 11.4 Å². The van der Waals surface area contributed by atoms with Crippen molar-refractivity contribution in [3.05, 3.63) is 23.8 Å². The molecule has 16 heavy (non-hydrogen) atoms. The summed E-state index contributed by atoms with van der Waals surface area (Å²) in [7, 11) is 0. The molecule has 0 spiro atoms. The minimum absolute atomic E-state index is 0.177. The average molecular weight is 222 g/mol. The van der Waals surface area contributed by atoms with Gasteiger partial charge in [0, 0.05) is 24.5 Å². The lowest BCUT2D eigenvalue weighted by molar-refractivity contribution is 0.300. The minimum atomic E-state index is 0.177. The summed E-state index contributed by atoms with van der Waals surface area (Å²) in [6.07, 6.45) is 0. The second-order valence-corrected chi connectivity index (χ2v) is 4.60. The molecule has 0 fully saturated rings. The van der Waals surface area contributed by atoms with Gasteiger partial charge in [0.15, 0.2) is 0 Å². The van der Waals surface area contributed by atoms with Crippen LogP contribution in [-0.4, -0.2) is 24.8 Å². The van der Waals surface area contributed by atoms with E-state index in [1.165, 1.54) is 0 Å². The van der Waals surface area contributed by atoms with Crippen LogP contribution in [0.25, 0.3) is 0 Å². The third-order valence-corrected chi connectivity index (χ3v) is 2.57. The van der Waals surface area contributed by atoms with Gasteiger partial charge in [-0.05, 0) is 36.6 Å². The molecular weight excluding hydrogens is 200 g/mol. The second kappa shape index (κ2) is 5.75. The molecule has 0 aromatic heterocycles. The first-order valence-corrected chi connectivity index (χ1v) is 5.76. The summed E-state index contributed by atoms with van der Waals surface area (Å²) < 4.78 is 0. The average Bonchev–Trinajstić information content (AvgIpc) is 2.21. The summed E-state index contributed by atoms with van der Waals surface area (Å²) >= 11 is 0. The molecule has 3 heteroatoms. The molecule has 0 aliphatic carbocycles. The Balaban J connectivity index is 2.87. The van der Waals surface area contributed by atoms with Crippen molar-refractivity contribution in [3.8, 4) is 0 Å². The Morgan fingerprint density at radius 3 is 2.56 bits per heavy atom. The zero-order valence-electron chi connectivity index (χ0n) is 10.4. The normalized spacial score (nSPS) is 10.8. The van der Waals surface area contributed by atoms with Crippen LogP contribution in [-0.2, 0) is 0 Å². The van der Waals surface area contributed by atoms with Gasteiger partial charge in [0.25, 0.3) is 0 Å². The van der Waals surface area contributed by atoms with Crippen LogP contribution in [0.15, 0.2) is 18.2 Å². The summed E-state index contributed by atoms with van der Waals surface area (Å²) in [5.41, 5.74) is 8.83. The number of nitrogens with zero attached hydrogens (tertiary/aromatic N) is 1. The van der Waals surface area contributed by atoms with Gasteiger partial charge in [0.2, 0.25) is 0 Å². The van der Waals surface area contributed by atoms with E-state index in [1.807, 2.05) is 19.1 Å². The highest BCUT2D eigenvalue weighted by molar-refractivity contribution is 5.58. The predicted octanol–water partition coefficient (Wildman–Crippen LogP) is 2.03. The monoisotopic (exact) mass is 222 g/mol. The highest BCUT2D eigenvalue weighted by Gasteiger charge is 2.08. The Kier molecular flexibility index (Phi) is 4.62. The molecule has 0 saturated heterocycles. The van der Waals surface area contributed by atoms with E-state index < -0.39 is 0 Å². The molecule has 90 valence electrons. The fourth-order valence-electron chi connectivity index (χ4n) is 1.74. The summed E-state index contributed by atoms with van der Waals surface area (Å²) in [6.45, 7) is 8.15. The van der Waals surface area contributed by atoms with Crippen LogP contribution >= 0.6 is 0 Å². The Labute approximate surface area is 97.9 Å². The molecule has 0 aliphatic rings. The number of aliphatic hydroxyl groups is 1. The molecule has 0 atom stereocenters. The van der Waals surface area contributed by atoms with Crippen molar-refractivity contribution in [1.82, 2.24) is 0 Å². The van der Waals surface area contributed by atoms with Gasteiger partial charge < -0.3 is 15.7 Å². The quantitative estimate of drug-likeness (QED) is 0.749. The van der Waals surface area contributed by atoms with Crippen LogP contribution in [0.1, 0.15) is 19.4 Å². The lowest BCUT2D eigenvalue weighted by Gasteiger charge is -2.26. The minimum Gasteiger partial charge on any atom is -0.399 e. The molecule has 0 bridgehead atoms. The van der Waals surface area contributed by atoms with Gasteiger partial charge in [0.05, 0.1) is 6.61 Å². The second-order valence-electron chi connectivity index (χ2n) is 4.60. The third kappa shape index (κ3) is 3.42. The number of anilines is 2. The van der Waals surface area contributed by atoms with Crippen LogP contribution in [0.5, 0.6) is 0 Å². The van der Waals surface area contributed by atoms with Crippen LogP contribution in [0, 0.1) is 12.8 Å². The molecule has 0 aliphatic heterocycles. The highest BCUT2D eigenvalue weighted by atomic mass is 16.3. The maximum absolute atomic E-state index is 9.07. The van der Waals surface area contributed by atoms with E-state index in [9.17, 15) is 0 Å². The van der Waals surface area contributed by atoms with E-state index in [0.717, 1.165) is 23.5 Å². The smallest absolute Gasteiger partial charge is 0.0606 e. The highest BCUT2D eigenvalue weighted by Crippen LogP contribution is 2.21. The van der Waals surface area contributed by atoms with Gasteiger partial charge in [0.1, 0.15) is 0 Å². The lowest BCUT2D eigenvalue weighted by Crippen LogP contribution is -2.30. The summed E-state index contributed by atoms with van der Waals surface area (Å²) in [6, 6.07) is 6.02. The van der Waals surface area contributed by atoms with Crippen LogP contribution in [0.3, 0.4) is 0 Å². The first kappa shape index (κ1) is 12.8. The van der Waals surface area contributed by atoms with Gasteiger partial charge in [-0.3, -0.25) is 0 Å². The Morgan fingerprint density at radius 1 is 1.38 bits per heavy atom. The van der Waals surface area contributed by atoms with Crippen molar-refractivity contribution in [2.45, 2.75) is 20.8 Å². The van der Waals surface area contributed by atoms with Gasteiger partial charge >= 0.3 is 0 Å². The fraction of sp³-hybridized carbons (Fsp3) is 0.538. The van der Waals surface area contributed by atoms with Gasteiger partial charge in [-0.15, -0.1) is 0 Å². The predicted molar refractivity (Wildman–Crippen MR) is 69.7 cm³/mol. The number of aliphatic hydroxyl groups excluding tert-OH is 1. The molecule has 0 unspecified atom stereocenters. The zero-order chi connectivity index (χ0) is 12.1. The van der Waals surface area contributed by atoms with Crippen molar-refractivity contribution in [2.24, 2.45) is 5.92 Å². The van der Waals surface area contributed by atoms with Crippen molar-refractivity contribution < 1.29 is 5.11 Å². The zero-order valence-corrected chi connectivity index (χ0v) is 10.4. The maximum atomic E-state index is 9.07. The number of hydrogen-bond acceptors (Lipinski definition) is 3.